The van der Waals surface area contributed by atoms with Crippen LogP contribution in [-0.2, 0) is 4.74 Å². The number of carbonyl (C=O) groups excluding carboxylic acids is 1. The number of carbonyl (C=O) groups is 1. The van der Waals surface area contributed by atoms with Crippen molar-refractivity contribution in [2.75, 3.05) is 14.2 Å². The van der Waals surface area contributed by atoms with E-state index in [1.165, 1.54) is 7.11 Å². The van der Waals surface area contributed by atoms with Gasteiger partial charge in [0.25, 0.3) is 0 Å². The number of rotatable bonds is 4. The summed E-state index contributed by atoms with van der Waals surface area (Å²) in [5.74, 6) is 0.459. The highest BCUT2D eigenvalue weighted by molar-refractivity contribution is 9.15. The topological polar surface area (TPSA) is 35.5 Å². The standard InChI is InChI=1S/C17H15BrO3/c1-20-16-6-4-3-5-14(16)15(18)11-12-7-9-13(10-8-12)17(19)21-2/h3-11H,1-2H3/b15-11-. The van der Waals surface area contributed by atoms with Crippen LogP contribution in [0, 0.1) is 0 Å². The lowest BCUT2D eigenvalue weighted by Crippen LogP contribution is -2.00. The maximum Gasteiger partial charge on any atom is 0.337 e. The normalized spacial score (nSPS) is 11.1. The molecule has 0 aliphatic heterocycles. The first-order valence-corrected chi connectivity index (χ1v) is 7.14. The molecule has 108 valence electrons. The Morgan fingerprint density at radius 1 is 1.05 bits per heavy atom. The summed E-state index contributed by atoms with van der Waals surface area (Å²) >= 11 is 3.56. The Morgan fingerprint density at radius 3 is 2.33 bits per heavy atom. The number of hydrogen-bond donors (Lipinski definition) is 0. The summed E-state index contributed by atoms with van der Waals surface area (Å²) < 4.78 is 10.9. The highest BCUT2D eigenvalue weighted by atomic mass is 79.9. The minimum absolute atomic E-state index is 0.339. The second-order valence-corrected chi connectivity index (χ2v) is 5.16. The van der Waals surface area contributed by atoms with Crippen molar-refractivity contribution in [3.05, 3.63) is 65.2 Å². The fraction of sp³-hybridized carbons (Fsp3) is 0.118. The Balaban J connectivity index is 2.28. The van der Waals surface area contributed by atoms with Gasteiger partial charge in [-0.3, -0.25) is 0 Å². The molecule has 0 radical (unpaired) electrons. The number of methoxy groups -OCH3 is 2. The van der Waals surface area contributed by atoms with Crippen LogP contribution in [0.1, 0.15) is 21.5 Å². The largest absolute Gasteiger partial charge is 0.496 e. The van der Waals surface area contributed by atoms with Crippen molar-refractivity contribution < 1.29 is 14.3 Å². The molecule has 2 aromatic carbocycles. The summed E-state index contributed by atoms with van der Waals surface area (Å²) in [5.41, 5.74) is 2.47. The Labute approximate surface area is 132 Å². The lowest BCUT2D eigenvalue weighted by molar-refractivity contribution is 0.0601. The van der Waals surface area contributed by atoms with Gasteiger partial charge in [0, 0.05) is 10.0 Å². The first-order chi connectivity index (χ1) is 10.2. The molecule has 21 heavy (non-hydrogen) atoms. The van der Waals surface area contributed by atoms with Crippen LogP contribution in [0.4, 0.5) is 0 Å². The van der Waals surface area contributed by atoms with Gasteiger partial charge >= 0.3 is 5.97 Å². The van der Waals surface area contributed by atoms with Gasteiger partial charge in [0.2, 0.25) is 0 Å². The highest BCUT2D eigenvalue weighted by Crippen LogP contribution is 2.31. The fourth-order valence-electron chi connectivity index (χ4n) is 1.90. The second kappa shape index (κ2) is 7.09. The molecule has 0 aliphatic carbocycles. The van der Waals surface area contributed by atoms with E-state index in [-0.39, 0.29) is 5.97 Å². The third-order valence-corrected chi connectivity index (χ3v) is 3.65. The lowest BCUT2D eigenvalue weighted by atomic mass is 10.1. The van der Waals surface area contributed by atoms with Gasteiger partial charge in [0.15, 0.2) is 0 Å². The van der Waals surface area contributed by atoms with Gasteiger partial charge in [-0.05, 0) is 29.8 Å². The summed E-state index contributed by atoms with van der Waals surface area (Å²) in [6.45, 7) is 0. The van der Waals surface area contributed by atoms with E-state index in [1.807, 2.05) is 42.5 Å². The predicted octanol–water partition coefficient (Wildman–Crippen LogP) is 4.37. The molecule has 2 rings (SSSR count). The molecule has 0 spiro atoms. The maximum atomic E-state index is 11.4. The van der Waals surface area contributed by atoms with E-state index in [2.05, 4.69) is 20.7 Å². The third-order valence-electron chi connectivity index (χ3n) is 2.99. The molecule has 3 nitrogen and oxygen atoms in total. The van der Waals surface area contributed by atoms with Crippen LogP contribution >= 0.6 is 15.9 Å². The molecule has 0 atom stereocenters. The van der Waals surface area contributed by atoms with E-state index in [0.717, 1.165) is 21.4 Å². The molecule has 0 heterocycles. The number of para-hydroxylation sites is 1. The second-order valence-electron chi connectivity index (χ2n) is 4.31. The van der Waals surface area contributed by atoms with Crippen molar-refractivity contribution in [1.82, 2.24) is 0 Å². The van der Waals surface area contributed by atoms with E-state index >= 15 is 0 Å². The summed E-state index contributed by atoms with van der Waals surface area (Å²) in [6.07, 6.45) is 1.97. The SMILES string of the molecule is COC(=O)c1ccc(/C=C(\Br)c2ccccc2OC)cc1. The van der Waals surface area contributed by atoms with Crippen molar-refractivity contribution in [2.24, 2.45) is 0 Å². The molecule has 4 heteroatoms. The highest BCUT2D eigenvalue weighted by Gasteiger charge is 2.06. The van der Waals surface area contributed by atoms with Gasteiger partial charge in [-0.2, -0.15) is 0 Å². The van der Waals surface area contributed by atoms with Gasteiger partial charge in [0.1, 0.15) is 5.75 Å². The Kier molecular flexibility index (Phi) is 5.17. The Bertz CT molecular complexity index is 660. The van der Waals surface area contributed by atoms with Crippen LogP contribution in [0.25, 0.3) is 10.6 Å². The fourth-order valence-corrected chi connectivity index (χ4v) is 2.49. The van der Waals surface area contributed by atoms with Crippen LogP contribution < -0.4 is 4.74 Å². The first kappa shape index (κ1) is 15.3. The summed E-state index contributed by atoms with van der Waals surface area (Å²) in [4.78, 5) is 11.4. The first-order valence-electron chi connectivity index (χ1n) is 6.34. The molecule has 0 aromatic heterocycles. The third kappa shape index (κ3) is 3.73. The van der Waals surface area contributed by atoms with Gasteiger partial charge in [-0.1, -0.05) is 46.3 Å². The summed E-state index contributed by atoms with van der Waals surface area (Å²) in [7, 11) is 3.01. The molecule has 0 amide bonds. The smallest absolute Gasteiger partial charge is 0.337 e. The van der Waals surface area contributed by atoms with Gasteiger partial charge in [-0.25, -0.2) is 4.79 Å². The van der Waals surface area contributed by atoms with E-state index < -0.39 is 0 Å². The number of benzene rings is 2. The van der Waals surface area contributed by atoms with Crippen molar-refractivity contribution in [3.8, 4) is 5.75 Å². The van der Waals surface area contributed by atoms with Crippen LogP contribution in [-0.4, -0.2) is 20.2 Å². The minimum atomic E-state index is -0.339. The molecule has 0 saturated heterocycles. The average Bonchev–Trinajstić information content (AvgIpc) is 2.54. The van der Waals surface area contributed by atoms with Gasteiger partial charge < -0.3 is 9.47 Å². The maximum absolute atomic E-state index is 11.4. The predicted molar refractivity (Wildman–Crippen MR) is 87.6 cm³/mol. The van der Waals surface area contributed by atoms with Gasteiger partial charge in [-0.15, -0.1) is 0 Å². The zero-order valence-corrected chi connectivity index (χ0v) is 13.4. The molecule has 0 bridgehead atoms. The van der Waals surface area contributed by atoms with Crippen LogP contribution in [0.3, 0.4) is 0 Å². The molecular formula is C17H15BrO3. The minimum Gasteiger partial charge on any atom is -0.496 e. The van der Waals surface area contributed by atoms with Crippen molar-refractivity contribution in [2.45, 2.75) is 0 Å². The lowest BCUT2D eigenvalue weighted by Gasteiger charge is -2.07. The molecule has 0 aliphatic rings. The van der Waals surface area contributed by atoms with E-state index in [9.17, 15) is 4.79 Å². The molecule has 0 N–H and O–H groups in total. The van der Waals surface area contributed by atoms with Crippen LogP contribution in [0.15, 0.2) is 48.5 Å². The molecule has 0 saturated carbocycles. The average molecular weight is 347 g/mol. The van der Waals surface area contributed by atoms with E-state index in [0.29, 0.717) is 5.56 Å². The van der Waals surface area contributed by atoms with Crippen molar-refractivity contribution in [3.63, 3.8) is 0 Å². The summed E-state index contributed by atoms with van der Waals surface area (Å²) in [6, 6.07) is 15.0. The quantitative estimate of drug-likeness (QED) is 0.608. The number of ether oxygens (including phenoxy) is 2. The van der Waals surface area contributed by atoms with E-state index in [4.69, 9.17) is 4.74 Å². The van der Waals surface area contributed by atoms with Crippen LogP contribution in [0.5, 0.6) is 5.75 Å². The number of esters is 1. The van der Waals surface area contributed by atoms with Crippen LogP contribution in [0.2, 0.25) is 0 Å². The molecule has 2 aromatic rings. The number of halogens is 1. The number of hydrogen-bond acceptors (Lipinski definition) is 3. The van der Waals surface area contributed by atoms with Crippen molar-refractivity contribution >= 4 is 32.5 Å². The van der Waals surface area contributed by atoms with Gasteiger partial charge in [0.05, 0.1) is 19.8 Å². The molecule has 0 fully saturated rings. The van der Waals surface area contributed by atoms with Crippen molar-refractivity contribution in [1.29, 1.82) is 0 Å². The van der Waals surface area contributed by atoms with E-state index in [1.54, 1.807) is 19.2 Å². The zero-order valence-electron chi connectivity index (χ0n) is 11.8. The Morgan fingerprint density at radius 2 is 1.71 bits per heavy atom. The molecular weight excluding hydrogens is 332 g/mol. The monoisotopic (exact) mass is 346 g/mol. The zero-order chi connectivity index (χ0) is 15.2. The summed E-state index contributed by atoms with van der Waals surface area (Å²) in [5, 5.41) is 0. The Hall–Kier alpha value is -2.07. The molecule has 0 unspecified atom stereocenters.